The van der Waals surface area contributed by atoms with E-state index in [1.807, 2.05) is 21.0 Å². The monoisotopic (exact) mass is 246 g/mol. The molecule has 0 unspecified atom stereocenters. The van der Waals surface area contributed by atoms with Gasteiger partial charge in [0, 0.05) is 32.9 Å². The summed E-state index contributed by atoms with van der Waals surface area (Å²) in [5, 5.41) is 7.06. The van der Waals surface area contributed by atoms with Crippen LogP contribution in [0.2, 0.25) is 0 Å². The van der Waals surface area contributed by atoms with E-state index >= 15 is 0 Å². The fourth-order valence-electron chi connectivity index (χ4n) is 1.30. The van der Waals surface area contributed by atoms with Gasteiger partial charge in [-0.25, -0.2) is 0 Å². The van der Waals surface area contributed by atoms with E-state index in [-0.39, 0.29) is 18.3 Å². The van der Waals surface area contributed by atoms with Gasteiger partial charge >= 0.3 is 0 Å². The molecule has 0 aliphatic rings. The Morgan fingerprint density at radius 2 is 2.25 bits per heavy atom. The maximum atomic E-state index is 11.9. The van der Waals surface area contributed by atoms with Crippen LogP contribution in [0.1, 0.15) is 16.1 Å². The fraction of sp³-hybridized carbons (Fsp3) is 0.600. The molecule has 92 valence electrons. The lowest BCUT2D eigenvalue weighted by Gasteiger charge is -2.16. The van der Waals surface area contributed by atoms with E-state index in [9.17, 15) is 4.79 Å². The minimum Gasteiger partial charge on any atom is -0.340 e. The maximum Gasteiger partial charge on any atom is 0.257 e. The van der Waals surface area contributed by atoms with Gasteiger partial charge < -0.3 is 10.2 Å². The summed E-state index contributed by atoms with van der Waals surface area (Å²) in [6, 6.07) is 0. The largest absolute Gasteiger partial charge is 0.340 e. The Morgan fingerprint density at radius 1 is 1.62 bits per heavy atom. The number of nitrogens with one attached hydrogen (secondary N) is 1. The number of nitrogens with zero attached hydrogens (tertiary/aromatic N) is 3. The van der Waals surface area contributed by atoms with Gasteiger partial charge in [-0.2, -0.15) is 5.10 Å². The molecule has 1 aromatic heterocycles. The second kappa shape index (κ2) is 6.50. The van der Waals surface area contributed by atoms with Crippen LogP contribution in [0.25, 0.3) is 0 Å². The average Bonchev–Trinajstić information content (AvgIpc) is 2.55. The van der Waals surface area contributed by atoms with E-state index in [0.717, 1.165) is 12.2 Å². The molecule has 1 heterocycles. The molecule has 0 atom stereocenters. The Balaban J connectivity index is 0.00000225. The van der Waals surface area contributed by atoms with E-state index in [4.69, 9.17) is 0 Å². The van der Waals surface area contributed by atoms with Crippen molar-refractivity contribution in [3.05, 3.63) is 17.5 Å². The molecule has 0 spiro atoms. The molecule has 0 aliphatic heterocycles. The van der Waals surface area contributed by atoms with Gasteiger partial charge in [0.25, 0.3) is 5.91 Å². The minimum absolute atomic E-state index is 0. The molecule has 1 rings (SSSR count). The van der Waals surface area contributed by atoms with E-state index in [2.05, 4.69) is 10.4 Å². The van der Waals surface area contributed by atoms with E-state index in [0.29, 0.717) is 12.1 Å². The standard InChI is InChI=1S/C10H18N4O.ClH/c1-8-9(7-12-14(8)4)10(15)13(3)6-5-11-2;/h7,11H,5-6H2,1-4H3;1H. The number of likely N-dealkylation sites (N-methyl/N-ethyl adjacent to an activating group) is 2. The number of aromatic nitrogens is 2. The number of rotatable bonds is 4. The van der Waals surface area contributed by atoms with Crippen LogP contribution in [0.3, 0.4) is 0 Å². The third-order valence-electron chi connectivity index (χ3n) is 2.51. The van der Waals surface area contributed by atoms with Crippen molar-refractivity contribution in [3.8, 4) is 0 Å². The highest BCUT2D eigenvalue weighted by molar-refractivity contribution is 5.94. The normalized spacial score (nSPS) is 9.75. The zero-order chi connectivity index (χ0) is 11.4. The van der Waals surface area contributed by atoms with Crippen LogP contribution in [0.15, 0.2) is 6.20 Å². The van der Waals surface area contributed by atoms with Crippen LogP contribution in [0, 0.1) is 6.92 Å². The lowest BCUT2D eigenvalue weighted by Crippen LogP contribution is -2.33. The molecule has 16 heavy (non-hydrogen) atoms. The number of hydrogen-bond donors (Lipinski definition) is 1. The van der Waals surface area contributed by atoms with Gasteiger partial charge in [0.05, 0.1) is 11.8 Å². The molecule has 0 aromatic carbocycles. The van der Waals surface area contributed by atoms with Gasteiger partial charge in [0.15, 0.2) is 0 Å². The Hall–Kier alpha value is -1.07. The highest BCUT2D eigenvalue weighted by atomic mass is 35.5. The van der Waals surface area contributed by atoms with Gasteiger partial charge in [0.2, 0.25) is 0 Å². The SMILES string of the molecule is CNCCN(C)C(=O)c1cnn(C)c1C.Cl. The molecule has 1 amide bonds. The number of halogens is 1. The van der Waals surface area contributed by atoms with E-state index < -0.39 is 0 Å². The van der Waals surface area contributed by atoms with Gasteiger partial charge in [0.1, 0.15) is 0 Å². The predicted octanol–water partition coefficient (Wildman–Crippen LogP) is 0.442. The van der Waals surface area contributed by atoms with Crippen molar-refractivity contribution < 1.29 is 4.79 Å². The second-order valence-corrected chi connectivity index (χ2v) is 3.60. The summed E-state index contributed by atoms with van der Waals surface area (Å²) in [7, 11) is 5.50. The Labute approximate surface area is 102 Å². The first-order valence-corrected chi connectivity index (χ1v) is 4.96. The zero-order valence-corrected chi connectivity index (χ0v) is 11.0. The molecule has 0 saturated heterocycles. The summed E-state index contributed by atoms with van der Waals surface area (Å²) in [6.45, 7) is 3.39. The number of hydrogen-bond acceptors (Lipinski definition) is 3. The third kappa shape index (κ3) is 3.21. The van der Waals surface area contributed by atoms with Crippen molar-refractivity contribution in [2.75, 3.05) is 27.2 Å². The highest BCUT2D eigenvalue weighted by Gasteiger charge is 2.16. The van der Waals surface area contributed by atoms with Crippen molar-refractivity contribution in [1.82, 2.24) is 20.0 Å². The average molecular weight is 247 g/mol. The predicted molar refractivity (Wildman–Crippen MR) is 66.1 cm³/mol. The molecule has 0 fully saturated rings. The van der Waals surface area contributed by atoms with Crippen molar-refractivity contribution in [2.45, 2.75) is 6.92 Å². The summed E-state index contributed by atoms with van der Waals surface area (Å²) in [6.07, 6.45) is 1.62. The number of carbonyl (C=O) groups excluding carboxylic acids is 1. The van der Waals surface area contributed by atoms with Gasteiger partial charge in [-0.05, 0) is 14.0 Å². The van der Waals surface area contributed by atoms with Crippen molar-refractivity contribution in [3.63, 3.8) is 0 Å². The molecular weight excluding hydrogens is 228 g/mol. The van der Waals surface area contributed by atoms with Crippen LogP contribution < -0.4 is 5.32 Å². The third-order valence-corrected chi connectivity index (χ3v) is 2.51. The molecule has 0 saturated carbocycles. The van der Waals surface area contributed by atoms with Crippen LogP contribution in [-0.2, 0) is 7.05 Å². The van der Waals surface area contributed by atoms with Gasteiger partial charge in [-0.3, -0.25) is 9.48 Å². The molecule has 6 heteroatoms. The molecule has 1 aromatic rings. The van der Waals surface area contributed by atoms with E-state index in [1.165, 1.54) is 0 Å². The molecule has 0 radical (unpaired) electrons. The lowest BCUT2D eigenvalue weighted by molar-refractivity contribution is 0.0796. The first kappa shape index (κ1) is 14.9. The Morgan fingerprint density at radius 3 is 2.69 bits per heavy atom. The Kier molecular flexibility index (Phi) is 6.06. The molecule has 1 N–H and O–H groups in total. The van der Waals surface area contributed by atoms with Crippen LogP contribution in [0.5, 0.6) is 0 Å². The number of aryl methyl sites for hydroxylation is 1. The topological polar surface area (TPSA) is 50.2 Å². The van der Waals surface area contributed by atoms with Gasteiger partial charge in [-0.15, -0.1) is 12.4 Å². The summed E-state index contributed by atoms with van der Waals surface area (Å²) >= 11 is 0. The molecule has 5 nitrogen and oxygen atoms in total. The smallest absolute Gasteiger partial charge is 0.257 e. The summed E-state index contributed by atoms with van der Waals surface area (Å²) < 4.78 is 1.71. The van der Waals surface area contributed by atoms with Gasteiger partial charge in [-0.1, -0.05) is 0 Å². The molecule has 0 bridgehead atoms. The minimum atomic E-state index is 0. The number of amides is 1. The van der Waals surface area contributed by atoms with Crippen molar-refractivity contribution in [1.29, 1.82) is 0 Å². The number of carbonyl (C=O) groups is 1. The van der Waals surface area contributed by atoms with E-state index in [1.54, 1.807) is 22.8 Å². The molecule has 0 aliphatic carbocycles. The Bertz CT molecular complexity index is 351. The second-order valence-electron chi connectivity index (χ2n) is 3.60. The molecular formula is C10H19ClN4O. The summed E-state index contributed by atoms with van der Waals surface area (Å²) in [4.78, 5) is 13.6. The summed E-state index contributed by atoms with van der Waals surface area (Å²) in [5.41, 5.74) is 1.58. The van der Waals surface area contributed by atoms with Crippen LogP contribution >= 0.6 is 12.4 Å². The van der Waals surface area contributed by atoms with Crippen LogP contribution in [0.4, 0.5) is 0 Å². The quantitative estimate of drug-likeness (QED) is 0.839. The fourth-order valence-corrected chi connectivity index (χ4v) is 1.30. The lowest BCUT2D eigenvalue weighted by atomic mass is 10.2. The van der Waals surface area contributed by atoms with Crippen molar-refractivity contribution >= 4 is 18.3 Å². The van der Waals surface area contributed by atoms with Crippen molar-refractivity contribution in [2.24, 2.45) is 7.05 Å². The highest BCUT2D eigenvalue weighted by Crippen LogP contribution is 2.08. The maximum absolute atomic E-state index is 11.9. The zero-order valence-electron chi connectivity index (χ0n) is 10.1. The first-order valence-electron chi connectivity index (χ1n) is 4.96. The van der Waals surface area contributed by atoms with Crippen LogP contribution in [-0.4, -0.2) is 47.8 Å². The first-order chi connectivity index (χ1) is 7.07. The summed E-state index contributed by atoms with van der Waals surface area (Å²) in [5.74, 6) is 0.0239.